The SMILES string of the molecule is Cc1cc(N2CCN(c3ccc(F)cc3Cl)CC2)ccn1. The number of anilines is 2. The van der Waals surface area contributed by atoms with Crippen LogP contribution in [0.25, 0.3) is 0 Å². The molecule has 5 heteroatoms. The minimum absolute atomic E-state index is 0.297. The average molecular weight is 306 g/mol. The monoisotopic (exact) mass is 305 g/mol. The molecule has 0 spiro atoms. The molecule has 0 saturated carbocycles. The highest BCUT2D eigenvalue weighted by molar-refractivity contribution is 6.33. The third-order valence-electron chi connectivity index (χ3n) is 3.78. The van der Waals surface area contributed by atoms with E-state index in [-0.39, 0.29) is 5.82 Å². The maximum atomic E-state index is 13.1. The van der Waals surface area contributed by atoms with Crippen molar-refractivity contribution in [2.45, 2.75) is 6.92 Å². The van der Waals surface area contributed by atoms with Crippen LogP contribution in [0, 0.1) is 12.7 Å². The number of aromatic nitrogens is 1. The number of hydrogen-bond acceptors (Lipinski definition) is 3. The summed E-state index contributed by atoms with van der Waals surface area (Å²) in [6.07, 6.45) is 1.84. The van der Waals surface area contributed by atoms with Gasteiger partial charge >= 0.3 is 0 Å². The van der Waals surface area contributed by atoms with Gasteiger partial charge in [0, 0.05) is 43.8 Å². The van der Waals surface area contributed by atoms with Crippen molar-refractivity contribution >= 4 is 23.0 Å². The zero-order valence-corrected chi connectivity index (χ0v) is 12.6. The summed E-state index contributed by atoms with van der Waals surface area (Å²) in [6.45, 7) is 5.56. The zero-order chi connectivity index (χ0) is 14.8. The summed E-state index contributed by atoms with van der Waals surface area (Å²) in [5.41, 5.74) is 3.13. The second kappa shape index (κ2) is 5.90. The van der Waals surface area contributed by atoms with Gasteiger partial charge in [-0.25, -0.2) is 4.39 Å². The Labute approximate surface area is 129 Å². The molecule has 21 heavy (non-hydrogen) atoms. The van der Waals surface area contributed by atoms with Crippen LogP contribution in [0.1, 0.15) is 5.69 Å². The average Bonchev–Trinajstić information content (AvgIpc) is 2.47. The van der Waals surface area contributed by atoms with Crippen molar-refractivity contribution in [3.8, 4) is 0 Å². The van der Waals surface area contributed by atoms with E-state index in [0.29, 0.717) is 5.02 Å². The van der Waals surface area contributed by atoms with Crippen LogP contribution in [0.5, 0.6) is 0 Å². The largest absolute Gasteiger partial charge is 0.368 e. The van der Waals surface area contributed by atoms with E-state index in [4.69, 9.17) is 11.6 Å². The summed E-state index contributed by atoms with van der Waals surface area (Å²) in [6, 6.07) is 8.72. The van der Waals surface area contributed by atoms with Crippen molar-refractivity contribution in [3.63, 3.8) is 0 Å². The lowest BCUT2D eigenvalue weighted by atomic mass is 10.2. The van der Waals surface area contributed by atoms with E-state index < -0.39 is 0 Å². The van der Waals surface area contributed by atoms with Crippen LogP contribution in [0.3, 0.4) is 0 Å². The van der Waals surface area contributed by atoms with Gasteiger partial charge < -0.3 is 9.80 Å². The van der Waals surface area contributed by atoms with Gasteiger partial charge in [0.1, 0.15) is 5.82 Å². The Bertz CT molecular complexity index is 639. The number of pyridine rings is 1. The van der Waals surface area contributed by atoms with E-state index in [1.165, 1.54) is 17.8 Å². The van der Waals surface area contributed by atoms with E-state index in [9.17, 15) is 4.39 Å². The molecule has 2 aromatic rings. The maximum Gasteiger partial charge on any atom is 0.124 e. The Morgan fingerprint density at radius 1 is 1.05 bits per heavy atom. The molecule has 0 bridgehead atoms. The van der Waals surface area contributed by atoms with Crippen LogP contribution in [0.2, 0.25) is 5.02 Å². The Hall–Kier alpha value is -1.81. The van der Waals surface area contributed by atoms with Crippen LogP contribution < -0.4 is 9.80 Å². The molecule has 0 unspecified atom stereocenters. The highest BCUT2D eigenvalue weighted by Gasteiger charge is 2.19. The third kappa shape index (κ3) is 3.10. The van der Waals surface area contributed by atoms with Crippen LogP contribution in [0.4, 0.5) is 15.8 Å². The quantitative estimate of drug-likeness (QED) is 0.846. The molecular formula is C16H17ClFN3. The van der Waals surface area contributed by atoms with Crippen LogP contribution in [-0.4, -0.2) is 31.2 Å². The number of hydrogen-bond donors (Lipinski definition) is 0. The van der Waals surface area contributed by atoms with Crippen molar-refractivity contribution in [1.29, 1.82) is 0 Å². The number of benzene rings is 1. The van der Waals surface area contributed by atoms with Gasteiger partial charge in [0.25, 0.3) is 0 Å². The fourth-order valence-electron chi connectivity index (χ4n) is 2.67. The molecule has 1 aromatic heterocycles. The Kier molecular flexibility index (Phi) is 3.97. The predicted molar refractivity (Wildman–Crippen MR) is 84.8 cm³/mol. The first-order chi connectivity index (χ1) is 10.1. The third-order valence-corrected chi connectivity index (χ3v) is 4.08. The van der Waals surface area contributed by atoms with Crippen molar-refractivity contribution in [2.75, 3.05) is 36.0 Å². The predicted octanol–water partition coefficient (Wildman–Crippen LogP) is 3.51. The highest BCUT2D eigenvalue weighted by Crippen LogP contribution is 2.28. The number of piperazine rings is 1. The van der Waals surface area contributed by atoms with Crippen molar-refractivity contribution in [1.82, 2.24) is 4.98 Å². The lowest BCUT2D eigenvalue weighted by molar-refractivity contribution is 0.625. The van der Waals surface area contributed by atoms with Crippen LogP contribution in [-0.2, 0) is 0 Å². The lowest BCUT2D eigenvalue weighted by Crippen LogP contribution is -2.46. The van der Waals surface area contributed by atoms with E-state index in [2.05, 4.69) is 20.9 Å². The molecule has 3 rings (SSSR count). The van der Waals surface area contributed by atoms with Gasteiger partial charge in [0.05, 0.1) is 10.7 Å². The van der Waals surface area contributed by atoms with E-state index in [0.717, 1.165) is 37.6 Å². The van der Waals surface area contributed by atoms with Crippen LogP contribution >= 0.6 is 11.6 Å². The molecule has 2 heterocycles. The minimum atomic E-state index is -0.297. The topological polar surface area (TPSA) is 19.4 Å². The van der Waals surface area contributed by atoms with E-state index >= 15 is 0 Å². The summed E-state index contributed by atoms with van der Waals surface area (Å²) >= 11 is 6.13. The van der Waals surface area contributed by atoms with Crippen molar-refractivity contribution in [2.24, 2.45) is 0 Å². The normalized spacial score (nSPS) is 15.4. The van der Waals surface area contributed by atoms with Gasteiger partial charge in [0.15, 0.2) is 0 Å². The van der Waals surface area contributed by atoms with Gasteiger partial charge in [-0.3, -0.25) is 4.98 Å². The molecule has 0 radical (unpaired) electrons. The lowest BCUT2D eigenvalue weighted by Gasteiger charge is -2.37. The molecule has 0 amide bonds. The molecule has 1 aliphatic heterocycles. The zero-order valence-electron chi connectivity index (χ0n) is 11.9. The van der Waals surface area contributed by atoms with Gasteiger partial charge in [-0.2, -0.15) is 0 Å². The molecular weight excluding hydrogens is 289 g/mol. The van der Waals surface area contributed by atoms with Crippen LogP contribution in [0.15, 0.2) is 36.5 Å². The molecule has 0 atom stereocenters. The number of nitrogens with zero attached hydrogens (tertiary/aromatic N) is 3. The fraction of sp³-hybridized carbons (Fsp3) is 0.312. The molecule has 0 N–H and O–H groups in total. The summed E-state index contributed by atoms with van der Waals surface area (Å²) in [5, 5.41) is 0.475. The smallest absolute Gasteiger partial charge is 0.124 e. The number of aryl methyl sites for hydroxylation is 1. The first-order valence-corrected chi connectivity index (χ1v) is 7.39. The molecule has 3 nitrogen and oxygen atoms in total. The van der Waals surface area contributed by atoms with Gasteiger partial charge in [-0.15, -0.1) is 0 Å². The second-order valence-electron chi connectivity index (χ2n) is 5.23. The summed E-state index contributed by atoms with van der Waals surface area (Å²) in [7, 11) is 0. The number of halogens is 2. The minimum Gasteiger partial charge on any atom is -0.368 e. The first-order valence-electron chi connectivity index (χ1n) is 7.01. The molecule has 1 saturated heterocycles. The standard InChI is InChI=1S/C16H17ClFN3/c1-12-10-14(4-5-19-12)20-6-8-21(9-7-20)16-3-2-13(18)11-15(16)17/h2-5,10-11H,6-9H2,1H3. The van der Waals surface area contributed by atoms with E-state index in [1.807, 2.05) is 19.2 Å². The van der Waals surface area contributed by atoms with Crippen molar-refractivity contribution < 1.29 is 4.39 Å². The summed E-state index contributed by atoms with van der Waals surface area (Å²) < 4.78 is 13.1. The second-order valence-corrected chi connectivity index (χ2v) is 5.63. The molecule has 1 aromatic carbocycles. The van der Waals surface area contributed by atoms with E-state index in [1.54, 1.807) is 6.07 Å². The first kappa shape index (κ1) is 14.1. The van der Waals surface area contributed by atoms with Gasteiger partial charge in [-0.05, 0) is 37.3 Å². The summed E-state index contributed by atoms with van der Waals surface area (Å²) in [5.74, 6) is -0.297. The molecule has 1 fully saturated rings. The Balaban J connectivity index is 1.70. The number of rotatable bonds is 2. The highest BCUT2D eigenvalue weighted by atomic mass is 35.5. The Morgan fingerprint density at radius 2 is 1.76 bits per heavy atom. The van der Waals surface area contributed by atoms with Gasteiger partial charge in [0.2, 0.25) is 0 Å². The summed E-state index contributed by atoms with van der Waals surface area (Å²) in [4.78, 5) is 8.76. The molecule has 1 aliphatic rings. The Morgan fingerprint density at radius 3 is 2.43 bits per heavy atom. The van der Waals surface area contributed by atoms with Crippen molar-refractivity contribution in [3.05, 3.63) is 53.1 Å². The fourth-order valence-corrected chi connectivity index (χ4v) is 2.96. The molecule has 110 valence electrons. The van der Waals surface area contributed by atoms with Gasteiger partial charge in [-0.1, -0.05) is 11.6 Å². The molecule has 0 aliphatic carbocycles. The maximum absolute atomic E-state index is 13.1.